The normalized spacial score (nSPS) is 30.0. The molecular weight excluding hydrogens is 452 g/mol. The Morgan fingerprint density at radius 1 is 1.06 bits per heavy atom. The molecule has 1 aromatic heterocycles. The van der Waals surface area contributed by atoms with Crippen molar-refractivity contribution >= 4 is 16.8 Å². The van der Waals surface area contributed by atoms with Gasteiger partial charge in [-0.05, 0) is 80.3 Å². The van der Waals surface area contributed by atoms with E-state index in [1.165, 1.54) is 18.4 Å². The van der Waals surface area contributed by atoms with E-state index in [0.29, 0.717) is 25.9 Å². The van der Waals surface area contributed by atoms with Crippen molar-refractivity contribution in [2.75, 3.05) is 26.2 Å². The number of fused-ring (bicyclic) bond motifs is 2. The van der Waals surface area contributed by atoms with Gasteiger partial charge in [0.25, 0.3) is 0 Å². The number of carbonyl (C=O) groups excluding carboxylic acids is 1. The molecule has 4 aliphatic rings. The SMILES string of the molecule is O=C(Cn1ncc2ccccc21)N1CC[C@]23CCN(CC4CC4)[C@H](Cc4ccc(O)cc42)[C@]3(O)CC1. The third-order valence-corrected chi connectivity index (χ3v) is 9.62. The van der Waals surface area contributed by atoms with E-state index in [0.717, 1.165) is 48.3 Å². The molecule has 2 aliphatic heterocycles. The zero-order valence-corrected chi connectivity index (χ0v) is 20.6. The Bertz CT molecular complexity index is 1330. The molecule has 3 aromatic rings. The number of hydrogen-bond donors (Lipinski definition) is 2. The summed E-state index contributed by atoms with van der Waals surface area (Å²) in [5, 5.41) is 28.5. The molecule has 2 aliphatic carbocycles. The molecule has 3 atom stereocenters. The van der Waals surface area contributed by atoms with Crippen LogP contribution in [0.3, 0.4) is 0 Å². The molecule has 2 N–H and O–H groups in total. The van der Waals surface area contributed by atoms with Crippen LogP contribution in [-0.4, -0.2) is 73.5 Å². The maximum Gasteiger partial charge on any atom is 0.244 e. The smallest absolute Gasteiger partial charge is 0.244 e. The molecule has 7 heteroatoms. The molecule has 1 saturated carbocycles. The first-order valence-corrected chi connectivity index (χ1v) is 13.4. The van der Waals surface area contributed by atoms with Gasteiger partial charge in [-0.15, -0.1) is 0 Å². The van der Waals surface area contributed by atoms with Gasteiger partial charge in [0.05, 0.1) is 17.3 Å². The van der Waals surface area contributed by atoms with Gasteiger partial charge >= 0.3 is 0 Å². The molecule has 0 spiro atoms. The molecule has 188 valence electrons. The highest BCUT2D eigenvalue weighted by molar-refractivity contribution is 5.82. The van der Waals surface area contributed by atoms with Gasteiger partial charge in [-0.2, -0.15) is 5.10 Å². The average molecular weight is 487 g/mol. The second-order valence-electron chi connectivity index (χ2n) is 11.5. The van der Waals surface area contributed by atoms with Gasteiger partial charge in [0.15, 0.2) is 0 Å². The molecule has 1 amide bonds. The third-order valence-electron chi connectivity index (χ3n) is 9.62. The highest BCUT2D eigenvalue weighted by atomic mass is 16.3. The van der Waals surface area contributed by atoms with Crippen LogP contribution in [0.4, 0.5) is 0 Å². The van der Waals surface area contributed by atoms with Gasteiger partial charge in [0, 0.05) is 36.5 Å². The van der Waals surface area contributed by atoms with Crippen molar-refractivity contribution in [1.82, 2.24) is 19.6 Å². The summed E-state index contributed by atoms with van der Waals surface area (Å²) in [4.78, 5) is 18.0. The summed E-state index contributed by atoms with van der Waals surface area (Å²) in [6.07, 6.45) is 7.31. The van der Waals surface area contributed by atoms with Gasteiger partial charge in [-0.1, -0.05) is 24.3 Å². The van der Waals surface area contributed by atoms with Crippen molar-refractivity contribution in [3.05, 3.63) is 59.8 Å². The fraction of sp³-hybridized carbons (Fsp3) is 0.517. The van der Waals surface area contributed by atoms with E-state index in [-0.39, 0.29) is 24.2 Å². The maximum atomic E-state index is 13.5. The van der Waals surface area contributed by atoms with Gasteiger partial charge in [0.2, 0.25) is 5.91 Å². The zero-order valence-electron chi connectivity index (χ0n) is 20.6. The second kappa shape index (κ2) is 8.05. The first-order valence-electron chi connectivity index (χ1n) is 13.4. The van der Waals surface area contributed by atoms with Crippen LogP contribution in [0.15, 0.2) is 48.7 Å². The predicted octanol–water partition coefficient (Wildman–Crippen LogP) is 3.07. The minimum atomic E-state index is -0.922. The molecule has 0 unspecified atom stereocenters. The van der Waals surface area contributed by atoms with E-state index >= 15 is 0 Å². The molecule has 2 bridgehead atoms. The number of aromatic nitrogens is 2. The van der Waals surface area contributed by atoms with Crippen molar-refractivity contribution in [2.45, 2.75) is 62.1 Å². The number of piperidine rings is 1. The first kappa shape index (κ1) is 22.3. The van der Waals surface area contributed by atoms with Crippen LogP contribution in [0, 0.1) is 5.92 Å². The molecule has 2 aromatic carbocycles. The monoisotopic (exact) mass is 486 g/mol. The Morgan fingerprint density at radius 3 is 2.72 bits per heavy atom. The van der Waals surface area contributed by atoms with Gasteiger partial charge < -0.3 is 15.1 Å². The van der Waals surface area contributed by atoms with Crippen LogP contribution in [0.1, 0.15) is 43.2 Å². The second-order valence-corrected chi connectivity index (χ2v) is 11.5. The van der Waals surface area contributed by atoms with Crippen molar-refractivity contribution in [1.29, 1.82) is 0 Å². The van der Waals surface area contributed by atoms with E-state index in [2.05, 4.69) is 16.1 Å². The standard InChI is InChI=1S/C29H34N4O3/c34-23-8-7-21-15-26-29(36)11-14-31(27(35)19-33-25-4-2-1-3-22(25)17-30-33)12-9-28(29,24(21)16-23)10-13-32(26)18-20-5-6-20/h1-4,7-8,16-17,20,26,34,36H,5-6,9-15,18-19H2/t26-,28+,29-/m1/s1. The minimum absolute atomic E-state index is 0.0445. The van der Waals surface area contributed by atoms with Crippen molar-refractivity contribution in [2.24, 2.45) is 5.92 Å². The third kappa shape index (κ3) is 3.32. The number of rotatable bonds is 4. The Balaban J connectivity index is 1.21. The fourth-order valence-corrected chi connectivity index (χ4v) is 7.49. The Kier molecular flexibility index (Phi) is 4.99. The van der Waals surface area contributed by atoms with E-state index in [9.17, 15) is 15.0 Å². The van der Waals surface area contributed by atoms with E-state index in [4.69, 9.17) is 0 Å². The molecule has 7 rings (SSSR count). The quantitative estimate of drug-likeness (QED) is 0.592. The molecule has 36 heavy (non-hydrogen) atoms. The van der Waals surface area contributed by atoms with Gasteiger partial charge in [-0.3, -0.25) is 14.4 Å². The van der Waals surface area contributed by atoms with E-state index in [1.807, 2.05) is 41.4 Å². The summed E-state index contributed by atoms with van der Waals surface area (Å²) in [5.74, 6) is 1.06. The maximum absolute atomic E-state index is 13.5. The summed E-state index contributed by atoms with van der Waals surface area (Å²) in [6, 6.07) is 13.7. The number of likely N-dealkylation sites (tertiary alicyclic amines) is 2. The number of phenols is 1. The van der Waals surface area contributed by atoms with Crippen LogP contribution in [0.25, 0.3) is 10.9 Å². The fourth-order valence-electron chi connectivity index (χ4n) is 7.49. The number of para-hydroxylation sites is 1. The summed E-state index contributed by atoms with van der Waals surface area (Å²) >= 11 is 0. The molecule has 0 radical (unpaired) electrons. The lowest BCUT2D eigenvalue weighted by Crippen LogP contribution is -2.71. The van der Waals surface area contributed by atoms with Crippen molar-refractivity contribution < 1.29 is 15.0 Å². The molecular formula is C29H34N4O3. The molecule has 7 nitrogen and oxygen atoms in total. The highest BCUT2D eigenvalue weighted by Crippen LogP contribution is 2.56. The van der Waals surface area contributed by atoms with Crippen LogP contribution in [0.5, 0.6) is 5.75 Å². The first-order chi connectivity index (χ1) is 17.5. The van der Waals surface area contributed by atoms with Crippen molar-refractivity contribution in [3.63, 3.8) is 0 Å². The number of phenolic OH excluding ortho intramolecular Hbond substituents is 1. The molecule has 3 heterocycles. The van der Waals surface area contributed by atoms with Gasteiger partial charge in [-0.25, -0.2) is 0 Å². The number of nitrogens with zero attached hydrogens (tertiary/aromatic N) is 4. The summed E-state index contributed by atoms with van der Waals surface area (Å²) in [5.41, 5.74) is 1.93. The molecule has 2 saturated heterocycles. The van der Waals surface area contributed by atoms with Crippen LogP contribution in [-0.2, 0) is 23.2 Å². The summed E-state index contributed by atoms with van der Waals surface area (Å²) in [7, 11) is 0. The number of aromatic hydroxyl groups is 1. The topological polar surface area (TPSA) is 81.8 Å². The number of amides is 1. The predicted molar refractivity (Wildman–Crippen MR) is 137 cm³/mol. The highest BCUT2D eigenvalue weighted by Gasteiger charge is 2.63. The van der Waals surface area contributed by atoms with E-state index < -0.39 is 11.0 Å². The number of aliphatic hydroxyl groups is 1. The number of carbonyl (C=O) groups is 1. The Labute approximate surface area is 211 Å². The summed E-state index contributed by atoms with van der Waals surface area (Å²) in [6.45, 7) is 3.37. The largest absolute Gasteiger partial charge is 0.508 e. The van der Waals surface area contributed by atoms with Crippen LogP contribution < -0.4 is 0 Å². The lowest BCUT2D eigenvalue weighted by atomic mass is 9.52. The Morgan fingerprint density at radius 2 is 1.86 bits per heavy atom. The lowest BCUT2D eigenvalue weighted by molar-refractivity contribution is -0.149. The minimum Gasteiger partial charge on any atom is -0.508 e. The van der Waals surface area contributed by atoms with E-state index in [1.54, 1.807) is 10.7 Å². The zero-order chi connectivity index (χ0) is 24.5. The van der Waals surface area contributed by atoms with Gasteiger partial charge in [0.1, 0.15) is 12.3 Å². The Hall–Kier alpha value is -2.90. The molecule has 3 fully saturated rings. The average Bonchev–Trinajstić information content (AvgIpc) is 3.63. The van der Waals surface area contributed by atoms with Crippen LogP contribution >= 0.6 is 0 Å². The number of benzene rings is 2. The van der Waals surface area contributed by atoms with Crippen LogP contribution in [0.2, 0.25) is 0 Å². The summed E-state index contributed by atoms with van der Waals surface area (Å²) < 4.78 is 1.78. The van der Waals surface area contributed by atoms with Crippen molar-refractivity contribution in [3.8, 4) is 5.75 Å². The number of hydrogen-bond acceptors (Lipinski definition) is 5. The lowest BCUT2D eigenvalue weighted by Gasteiger charge is -2.61.